The van der Waals surface area contributed by atoms with Crippen molar-refractivity contribution in [3.8, 4) is 11.5 Å². The molecule has 0 spiro atoms. The summed E-state index contributed by atoms with van der Waals surface area (Å²) in [6.07, 6.45) is 6.17. The predicted molar refractivity (Wildman–Crippen MR) is 106 cm³/mol. The molecule has 0 saturated heterocycles. The van der Waals surface area contributed by atoms with Crippen molar-refractivity contribution in [2.24, 2.45) is 0 Å². The normalized spacial score (nSPS) is 11.1. The third kappa shape index (κ3) is 3.79. The van der Waals surface area contributed by atoms with E-state index in [9.17, 15) is 14.9 Å². The number of carbonyl (C=O) groups is 1. The molecule has 1 amide bonds. The molecule has 4 aromatic rings. The van der Waals surface area contributed by atoms with Gasteiger partial charge in [-0.05, 0) is 36.4 Å². The van der Waals surface area contributed by atoms with Crippen LogP contribution in [0.3, 0.4) is 0 Å². The SMILES string of the molecule is O=C(/C=C/c1ccc([N+](=O)[O-])s1)Nc1ccc2nc(-c3ccncc3)oc2c1. The molecule has 0 fully saturated rings. The number of amides is 1. The number of nitrogens with one attached hydrogen (secondary N) is 1. The number of carbonyl (C=O) groups excluding carboxylic acids is 1. The summed E-state index contributed by atoms with van der Waals surface area (Å²) in [6.45, 7) is 0. The van der Waals surface area contributed by atoms with E-state index >= 15 is 0 Å². The molecule has 28 heavy (non-hydrogen) atoms. The summed E-state index contributed by atoms with van der Waals surface area (Å²) in [7, 11) is 0. The third-order valence-corrected chi connectivity index (χ3v) is 4.78. The lowest BCUT2D eigenvalue weighted by atomic mass is 10.2. The fraction of sp³-hybridized carbons (Fsp3) is 0. The highest BCUT2D eigenvalue weighted by Gasteiger charge is 2.10. The summed E-state index contributed by atoms with van der Waals surface area (Å²) < 4.78 is 5.76. The van der Waals surface area contributed by atoms with Crippen LogP contribution in [0.25, 0.3) is 28.6 Å². The average molecular weight is 392 g/mol. The fourth-order valence-corrected chi connectivity index (χ4v) is 3.22. The van der Waals surface area contributed by atoms with Crippen LogP contribution in [0.5, 0.6) is 0 Å². The molecule has 1 N–H and O–H groups in total. The Morgan fingerprint density at radius 2 is 2.00 bits per heavy atom. The van der Waals surface area contributed by atoms with Crippen LogP contribution in [0.15, 0.2) is 65.4 Å². The molecule has 4 rings (SSSR count). The first-order valence-electron chi connectivity index (χ1n) is 8.13. The summed E-state index contributed by atoms with van der Waals surface area (Å²) in [5.41, 5.74) is 2.58. The fourth-order valence-electron chi connectivity index (χ4n) is 2.49. The monoisotopic (exact) mass is 392 g/mol. The molecule has 0 aliphatic heterocycles. The quantitative estimate of drug-likeness (QED) is 0.304. The van der Waals surface area contributed by atoms with Gasteiger partial charge in [0.15, 0.2) is 5.58 Å². The Labute approximate surface area is 162 Å². The van der Waals surface area contributed by atoms with Gasteiger partial charge in [0.2, 0.25) is 11.8 Å². The van der Waals surface area contributed by atoms with Crippen LogP contribution in [-0.4, -0.2) is 20.8 Å². The minimum atomic E-state index is -0.463. The number of nitrogens with zero attached hydrogens (tertiary/aromatic N) is 3. The molecule has 0 aliphatic carbocycles. The van der Waals surface area contributed by atoms with E-state index in [0.29, 0.717) is 27.6 Å². The topological polar surface area (TPSA) is 111 Å². The first-order valence-corrected chi connectivity index (χ1v) is 8.94. The summed E-state index contributed by atoms with van der Waals surface area (Å²) in [5, 5.41) is 13.4. The second kappa shape index (κ2) is 7.41. The number of rotatable bonds is 5. The molecule has 0 atom stereocenters. The van der Waals surface area contributed by atoms with Crippen molar-refractivity contribution in [1.29, 1.82) is 0 Å². The maximum absolute atomic E-state index is 12.1. The number of pyridine rings is 1. The van der Waals surface area contributed by atoms with E-state index in [4.69, 9.17) is 4.42 Å². The smallest absolute Gasteiger partial charge is 0.324 e. The number of nitro groups is 1. The van der Waals surface area contributed by atoms with Gasteiger partial charge in [-0.25, -0.2) is 4.98 Å². The van der Waals surface area contributed by atoms with Crippen molar-refractivity contribution in [1.82, 2.24) is 9.97 Å². The van der Waals surface area contributed by atoms with Crippen LogP contribution in [-0.2, 0) is 4.79 Å². The molecular weight excluding hydrogens is 380 g/mol. The number of hydrogen-bond donors (Lipinski definition) is 1. The minimum absolute atomic E-state index is 0.0285. The summed E-state index contributed by atoms with van der Waals surface area (Å²) in [6, 6.07) is 11.8. The molecule has 138 valence electrons. The van der Waals surface area contributed by atoms with Gasteiger partial charge in [0, 0.05) is 46.7 Å². The number of benzene rings is 1. The highest BCUT2D eigenvalue weighted by atomic mass is 32.1. The highest BCUT2D eigenvalue weighted by Crippen LogP contribution is 2.26. The number of fused-ring (bicyclic) bond motifs is 1. The van der Waals surface area contributed by atoms with Crippen molar-refractivity contribution in [2.45, 2.75) is 0 Å². The lowest BCUT2D eigenvalue weighted by Crippen LogP contribution is -2.07. The Hall–Kier alpha value is -3.85. The molecule has 9 heteroatoms. The number of hydrogen-bond acceptors (Lipinski definition) is 7. The zero-order chi connectivity index (χ0) is 19.5. The van der Waals surface area contributed by atoms with Gasteiger partial charge in [-0.2, -0.15) is 0 Å². The van der Waals surface area contributed by atoms with E-state index in [1.54, 1.807) is 48.8 Å². The van der Waals surface area contributed by atoms with Gasteiger partial charge in [-0.3, -0.25) is 19.9 Å². The lowest BCUT2D eigenvalue weighted by Gasteiger charge is -2.00. The molecule has 3 heterocycles. The number of anilines is 1. The van der Waals surface area contributed by atoms with Crippen LogP contribution in [0.1, 0.15) is 4.88 Å². The molecule has 0 bridgehead atoms. The predicted octanol–water partition coefficient (Wildman–Crippen LogP) is 4.51. The van der Waals surface area contributed by atoms with Gasteiger partial charge in [-0.1, -0.05) is 11.3 Å². The van der Waals surface area contributed by atoms with E-state index in [-0.39, 0.29) is 10.9 Å². The van der Waals surface area contributed by atoms with E-state index in [1.807, 2.05) is 0 Å². The number of oxazole rings is 1. The highest BCUT2D eigenvalue weighted by molar-refractivity contribution is 7.16. The second-order valence-corrected chi connectivity index (χ2v) is 6.79. The van der Waals surface area contributed by atoms with E-state index < -0.39 is 4.92 Å². The van der Waals surface area contributed by atoms with Gasteiger partial charge in [0.05, 0.1) is 4.92 Å². The van der Waals surface area contributed by atoms with Gasteiger partial charge in [0.25, 0.3) is 0 Å². The van der Waals surface area contributed by atoms with Gasteiger partial charge in [-0.15, -0.1) is 0 Å². The van der Waals surface area contributed by atoms with Crippen LogP contribution in [0.4, 0.5) is 10.7 Å². The zero-order valence-corrected chi connectivity index (χ0v) is 15.1. The average Bonchev–Trinajstić information content (AvgIpc) is 3.34. The largest absolute Gasteiger partial charge is 0.436 e. The minimum Gasteiger partial charge on any atom is -0.436 e. The van der Waals surface area contributed by atoms with E-state index in [2.05, 4.69) is 15.3 Å². The van der Waals surface area contributed by atoms with E-state index in [0.717, 1.165) is 16.9 Å². The molecule has 1 aromatic carbocycles. The molecule has 0 saturated carbocycles. The molecule has 0 radical (unpaired) electrons. The molecule has 0 aliphatic rings. The Morgan fingerprint density at radius 3 is 2.75 bits per heavy atom. The maximum atomic E-state index is 12.1. The van der Waals surface area contributed by atoms with Gasteiger partial charge in [0.1, 0.15) is 5.52 Å². The van der Waals surface area contributed by atoms with Crippen LogP contribution < -0.4 is 5.32 Å². The maximum Gasteiger partial charge on any atom is 0.324 e. The van der Waals surface area contributed by atoms with Crippen LogP contribution in [0.2, 0.25) is 0 Å². The Morgan fingerprint density at radius 1 is 1.18 bits per heavy atom. The van der Waals surface area contributed by atoms with Gasteiger partial charge < -0.3 is 9.73 Å². The van der Waals surface area contributed by atoms with Crippen molar-refractivity contribution < 1.29 is 14.1 Å². The van der Waals surface area contributed by atoms with Gasteiger partial charge >= 0.3 is 5.00 Å². The summed E-state index contributed by atoms with van der Waals surface area (Å²) >= 11 is 0.998. The van der Waals surface area contributed by atoms with Crippen molar-refractivity contribution >= 4 is 45.1 Å². The summed E-state index contributed by atoms with van der Waals surface area (Å²) in [4.78, 5) is 31.3. The molecule has 3 aromatic heterocycles. The first-order chi connectivity index (χ1) is 13.6. The Kier molecular flexibility index (Phi) is 4.65. The number of aromatic nitrogens is 2. The molecule has 0 unspecified atom stereocenters. The van der Waals surface area contributed by atoms with Crippen LogP contribution >= 0.6 is 11.3 Å². The summed E-state index contributed by atoms with van der Waals surface area (Å²) in [5.74, 6) is 0.115. The molecular formula is C19H12N4O4S. The second-order valence-electron chi connectivity index (χ2n) is 5.69. The van der Waals surface area contributed by atoms with Crippen molar-refractivity contribution in [2.75, 3.05) is 5.32 Å². The van der Waals surface area contributed by atoms with Crippen LogP contribution in [0, 0.1) is 10.1 Å². The third-order valence-electron chi connectivity index (χ3n) is 3.77. The van der Waals surface area contributed by atoms with E-state index in [1.165, 1.54) is 18.2 Å². The lowest BCUT2D eigenvalue weighted by molar-refractivity contribution is -0.380. The first kappa shape index (κ1) is 17.6. The zero-order valence-electron chi connectivity index (χ0n) is 14.2. The molecule has 8 nitrogen and oxygen atoms in total. The Balaban J connectivity index is 1.48. The standard InChI is InChI=1S/C19H12N4O4S/c24-17(5-2-14-3-6-18(28-14)23(25)26)21-13-1-4-15-16(11-13)27-19(22-15)12-7-9-20-10-8-12/h1-11H,(H,21,24)/b5-2+. The Bertz CT molecular complexity index is 1200. The number of thiophene rings is 1. The van der Waals surface area contributed by atoms with Crippen molar-refractivity contribution in [3.05, 3.63) is 75.9 Å². The van der Waals surface area contributed by atoms with Crippen molar-refractivity contribution in [3.63, 3.8) is 0 Å².